The number of nitrogens with one attached hydrogen (secondary N) is 1. The number of ether oxygens (including phenoxy) is 1. The second-order valence-corrected chi connectivity index (χ2v) is 6.48. The van der Waals surface area contributed by atoms with Crippen LogP contribution in [0.5, 0.6) is 0 Å². The molecule has 0 aromatic heterocycles. The number of likely N-dealkylation sites (N-methyl/N-ethyl adjacent to an activating group) is 1. The third-order valence-corrected chi connectivity index (χ3v) is 3.02. The zero-order valence-corrected chi connectivity index (χ0v) is 14.5. The van der Waals surface area contributed by atoms with E-state index in [0.29, 0.717) is 5.56 Å². The first-order valence-electron chi connectivity index (χ1n) is 7.54. The summed E-state index contributed by atoms with van der Waals surface area (Å²) in [5.74, 6) is -1.40. The van der Waals surface area contributed by atoms with E-state index < -0.39 is 18.5 Å². The number of carbonyl (C=O) groups excluding carboxylic acids is 3. The third-order valence-electron chi connectivity index (χ3n) is 3.02. The van der Waals surface area contributed by atoms with Crippen molar-refractivity contribution in [2.75, 3.05) is 20.2 Å². The highest BCUT2D eigenvalue weighted by molar-refractivity contribution is 5.92. The van der Waals surface area contributed by atoms with Crippen LogP contribution in [0.4, 0.5) is 0 Å². The number of amides is 2. The molecule has 0 aliphatic carbocycles. The molecule has 2 N–H and O–H groups in total. The molecule has 1 aromatic carbocycles. The van der Waals surface area contributed by atoms with Crippen molar-refractivity contribution in [2.24, 2.45) is 0 Å². The fourth-order valence-corrected chi connectivity index (χ4v) is 1.83. The Labute approximate surface area is 141 Å². The number of carbonyl (C=O) groups is 3. The molecule has 0 unspecified atom stereocenters. The first-order valence-corrected chi connectivity index (χ1v) is 7.54. The zero-order valence-electron chi connectivity index (χ0n) is 14.5. The lowest BCUT2D eigenvalue weighted by Crippen LogP contribution is -2.46. The van der Waals surface area contributed by atoms with Crippen molar-refractivity contribution in [1.29, 1.82) is 0 Å². The SMILES string of the molecule is CN(CC(=O)NC(C)(C)C)C(=O)COC(=O)c1ccc(CO)cc1. The van der Waals surface area contributed by atoms with Crippen molar-refractivity contribution in [2.45, 2.75) is 32.9 Å². The maximum absolute atomic E-state index is 11.9. The van der Waals surface area contributed by atoms with Crippen LogP contribution in [0.3, 0.4) is 0 Å². The predicted molar refractivity (Wildman–Crippen MR) is 88.2 cm³/mol. The molecule has 0 radical (unpaired) electrons. The van der Waals surface area contributed by atoms with Gasteiger partial charge in [0.1, 0.15) is 0 Å². The Kier molecular flexibility index (Phi) is 6.91. The molecular weight excluding hydrogens is 312 g/mol. The van der Waals surface area contributed by atoms with E-state index in [1.165, 1.54) is 24.1 Å². The average Bonchev–Trinajstić information content (AvgIpc) is 2.50. The molecule has 0 heterocycles. The van der Waals surface area contributed by atoms with Gasteiger partial charge in [0.15, 0.2) is 6.61 Å². The van der Waals surface area contributed by atoms with Gasteiger partial charge in [-0.2, -0.15) is 0 Å². The summed E-state index contributed by atoms with van der Waals surface area (Å²) < 4.78 is 4.94. The van der Waals surface area contributed by atoms with Crippen LogP contribution in [0, 0.1) is 0 Å². The van der Waals surface area contributed by atoms with E-state index in [1.807, 2.05) is 20.8 Å². The van der Waals surface area contributed by atoms with Crippen LogP contribution in [0.2, 0.25) is 0 Å². The molecule has 0 atom stereocenters. The normalized spacial score (nSPS) is 10.9. The van der Waals surface area contributed by atoms with Crippen molar-refractivity contribution in [3.05, 3.63) is 35.4 Å². The molecule has 0 saturated heterocycles. The minimum Gasteiger partial charge on any atom is -0.452 e. The van der Waals surface area contributed by atoms with Crippen LogP contribution >= 0.6 is 0 Å². The molecule has 0 fully saturated rings. The predicted octanol–water partition coefficient (Wildman–Crippen LogP) is 0.709. The van der Waals surface area contributed by atoms with Crippen LogP contribution in [0.15, 0.2) is 24.3 Å². The number of rotatable bonds is 6. The lowest BCUT2D eigenvalue weighted by Gasteiger charge is -2.23. The molecular formula is C17H24N2O5. The summed E-state index contributed by atoms with van der Waals surface area (Å²) in [6.45, 7) is 4.86. The Balaban J connectivity index is 2.46. The molecule has 0 spiro atoms. The summed E-state index contributed by atoms with van der Waals surface area (Å²) in [7, 11) is 1.47. The standard InChI is InChI=1S/C17H24N2O5/c1-17(2,3)18-14(21)9-19(4)15(22)11-24-16(23)13-7-5-12(10-20)6-8-13/h5-8,20H,9-11H2,1-4H3,(H,18,21). The van der Waals surface area contributed by atoms with Gasteiger partial charge in [-0.1, -0.05) is 12.1 Å². The summed E-state index contributed by atoms with van der Waals surface area (Å²) >= 11 is 0. The van der Waals surface area contributed by atoms with E-state index in [0.717, 1.165) is 0 Å². The lowest BCUT2D eigenvalue weighted by molar-refractivity contribution is -0.137. The highest BCUT2D eigenvalue weighted by Gasteiger charge is 2.19. The maximum Gasteiger partial charge on any atom is 0.338 e. The number of aliphatic hydroxyl groups is 1. The van der Waals surface area contributed by atoms with Gasteiger partial charge in [0.05, 0.1) is 18.7 Å². The highest BCUT2D eigenvalue weighted by Crippen LogP contribution is 2.06. The van der Waals surface area contributed by atoms with Gasteiger partial charge >= 0.3 is 5.97 Å². The number of benzene rings is 1. The molecule has 1 aromatic rings. The Bertz CT molecular complexity index is 590. The summed E-state index contributed by atoms with van der Waals surface area (Å²) in [5, 5.41) is 11.7. The number of hydrogen-bond acceptors (Lipinski definition) is 5. The Morgan fingerprint density at radius 3 is 2.25 bits per heavy atom. The highest BCUT2D eigenvalue weighted by atomic mass is 16.5. The second-order valence-electron chi connectivity index (χ2n) is 6.48. The van der Waals surface area contributed by atoms with E-state index >= 15 is 0 Å². The smallest absolute Gasteiger partial charge is 0.338 e. The fraction of sp³-hybridized carbons (Fsp3) is 0.471. The van der Waals surface area contributed by atoms with Gasteiger partial charge in [0, 0.05) is 12.6 Å². The van der Waals surface area contributed by atoms with E-state index in [1.54, 1.807) is 12.1 Å². The van der Waals surface area contributed by atoms with Gasteiger partial charge in [-0.05, 0) is 38.5 Å². The quantitative estimate of drug-likeness (QED) is 0.746. The molecule has 24 heavy (non-hydrogen) atoms. The molecule has 0 bridgehead atoms. The van der Waals surface area contributed by atoms with Crippen molar-refractivity contribution in [1.82, 2.24) is 10.2 Å². The topological polar surface area (TPSA) is 95.9 Å². The first-order chi connectivity index (χ1) is 11.1. The molecule has 0 aliphatic heterocycles. The summed E-state index contributed by atoms with van der Waals surface area (Å²) in [6, 6.07) is 6.22. The number of hydrogen-bond donors (Lipinski definition) is 2. The second kappa shape index (κ2) is 8.44. The molecule has 7 nitrogen and oxygen atoms in total. The maximum atomic E-state index is 11.9. The van der Waals surface area contributed by atoms with Gasteiger partial charge in [-0.25, -0.2) is 4.79 Å². The van der Waals surface area contributed by atoms with Crippen LogP contribution in [0.25, 0.3) is 0 Å². The molecule has 7 heteroatoms. The zero-order chi connectivity index (χ0) is 18.3. The average molecular weight is 336 g/mol. The molecule has 0 aliphatic rings. The Morgan fingerprint density at radius 2 is 1.75 bits per heavy atom. The van der Waals surface area contributed by atoms with Crippen LogP contribution in [-0.2, 0) is 20.9 Å². The van der Waals surface area contributed by atoms with Gasteiger partial charge in [0.2, 0.25) is 5.91 Å². The van der Waals surface area contributed by atoms with Gasteiger partial charge < -0.3 is 20.1 Å². The van der Waals surface area contributed by atoms with Crippen molar-refractivity contribution < 1.29 is 24.2 Å². The van der Waals surface area contributed by atoms with E-state index in [9.17, 15) is 14.4 Å². The van der Waals surface area contributed by atoms with Gasteiger partial charge in [-0.15, -0.1) is 0 Å². The lowest BCUT2D eigenvalue weighted by atomic mass is 10.1. The third kappa shape index (κ3) is 6.78. The van der Waals surface area contributed by atoms with Crippen LogP contribution < -0.4 is 5.32 Å². The van der Waals surface area contributed by atoms with E-state index in [2.05, 4.69) is 5.32 Å². The summed E-state index contributed by atoms with van der Waals surface area (Å²) in [4.78, 5) is 36.7. The van der Waals surface area contributed by atoms with Crippen LogP contribution in [-0.4, -0.2) is 53.5 Å². The summed E-state index contributed by atoms with van der Waals surface area (Å²) in [6.07, 6.45) is 0. The van der Waals surface area contributed by atoms with Gasteiger partial charge in [0.25, 0.3) is 5.91 Å². The van der Waals surface area contributed by atoms with Crippen molar-refractivity contribution in [3.8, 4) is 0 Å². The van der Waals surface area contributed by atoms with Crippen LogP contribution in [0.1, 0.15) is 36.7 Å². The van der Waals surface area contributed by atoms with Gasteiger partial charge in [-0.3, -0.25) is 9.59 Å². The molecule has 2 amide bonds. The number of nitrogens with zero attached hydrogens (tertiary/aromatic N) is 1. The van der Waals surface area contributed by atoms with E-state index in [4.69, 9.17) is 9.84 Å². The Morgan fingerprint density at radius 1 is 1.17 bits per heavy atom. The van der Waals surface area contributed by atoms with Crippen molar-refractivity contribution in [3.63, 3.8) is 0 Å². The molecule has 132 valence electrons. The fourth-order valence-electron chi connectivity index (χ4n) is 1.83. The Hall–Kier alpha value is -2.41. The molecule has 0 saturated carbocycles. The minimum absolute atomic E-state index is 0.112. The number of esters is 1. The largest absolute Gasteiger partial charge is 0.452 e. The van der Waals surface area contributed by atoms with Crippen molar-refractivity contribution >= 4 is 17.8 Å². The number of aliphatic hydroxyl groups excluding tert-OH is 1. The first kappa shape index (κ1) is 19.6. The monoisotopic (exact) mass is 336 g/mol. The van der Waals surface area contributed by atoms with E-state index in [-0.39, 0.29) is 30.2 Å². The minimum atomic E-state index is -0.639. The summed E-state index contributed by atoms with van der Waals surface area (Å²) in [5.41, 5.74) is 0.578. The molecule has 1 rings (SSSR count).